The molecule has 2 amide bonds. The molecule has 1 unspecified atom stereocenters. The van der Waals surface area contributed by atoms with Crippen LogP contribution in [-0.2, 0) is 4.79 Å². The maximum absolute atomic E-state index is 12.4. The molecule has 1 fully saturated rings. The van der Waals surface area contributed by atoms with Crippen LogP contribution in [0.15, 0.2) is 66.4 Å². The SMILES string of the molecule is C=CC(C)N1C(=O)S/C(=C/c2ccn(-c3ccccc3)c2)C1=O. The molecular formula is C18H16N2O2S. The average Bonchev–Trinajstić information content (AvgIpc) is 3.13. The van der Waals surface area contributed by atoms with E-state index in [1.165, 1.54) is 4.90 Å². The minimum Gasteiger partial charge on any atom is -0.323 e. The van der Waals surface area contributed by atoms with Gasteiger partial charge >= 0.3 is 0 Å². The summed E-state index contributed by atoms with van der Waals surface area (Å²) in [6.07, 6.45) is 7.20. The minimum absolute atomic E-state index is 0.254. The Hall–Kier alpha value is -2.53. The summed E-state index contributed by atoms with van der Waals surface area (Å²) in [5, 5.41) is -0.254. The fourth-order valence-corrected chi connectivity index (χ4v) is 3.26. The molecular weight excluding hydrogens is 308 g/mol. The molecule has 5 heteroatoms. The number of carbonyl (C=O) groups excluding carboxylic acids is 2. The van der Waals surface area contributed by atoms with Crippen LogP contribution in [0.3, 0.4) is 0 Å². The molecule has 0 spiro atoms. The first-order chi connectivity index (χ1) is 11.1. The summed E-state index contributed by atoms with van der Waals surface area (Å²) >= 11 is 0.967. The van der Waals surface area contributed by atoms with Crippen molar-refractivity contribution in [2.24, 2.45) is 0 Å². The summed E-state index contributed by atoms with van der Waals surface area (Å²) in [5.41, 5.74) is 1.92. The lowest BCUT2D eigenvalue weighted by Crippen LogP contribution is -2.35. The van der Waals surface area contributed by atoms with Gasteiger partial charge < -0.3 is 4.57 Å². The molecule has 2 aromatic rings. The van der Waals surface area contributed by atoms with Crippen molar-refractivity contribution in [3.8, 4) is 5.69 Å². The van der Waals surface area contributed by atoms with E-state index in [2.05, 4.69) is 6.58 Å². The molecule has 116 valence electrons. The van der Waals surface area contributed by atoms with Crippen LogP contribution in [0.25, 0.3) is 11.8 Å². The van der Waals surface area contributed by atoms with Gasteiger partial charge in [0, 0.05) is 18.1 Å². The summed E-state index contributed by atoms with van der Waals surface area (Å²) in [7, 11) is 0. The van der Waals surface area contributed by atoms with E-state index in [9.17, 15) is 9.59 Å². The molecule has 1 aliphatic heterocycles. The fourth-order valence-electron chi connectivity index (χ4n) is 2.35. The Kier molecular flexibility index (Phi) is 4.21. The van der Waals surface area contributed by atoms with Crippen molar-refractivity contribution in [1.82, 2.24) is 9.47 Å². The zero-order chi connectivity index (χ0) is 16.4. The molecule has 0 N–H and O–H groups in total. The number of imide groups is 1. The lowest BCUT2D eigenvalue weighted by molar-refractivity contribution is -0.123. The van der Waals surface area contributed by atoms with E-state index in [0.29, 0.717) is 4.91 Å². The van der Waals surface area contributed by atoms with Crippen LogP contribution in [0.1, 0.15) is 12.5 Å². The smallest absolute Gasteiger partial charge is 0.294 e. The topological polar surface area (TPSA) is 42.3 Å². The van der Waals surface area contributed by atoms with E-state index >= 15 is 0 Å². The number of benzene rings is 1. The number of hydrogen-bond acceptors (Lipinski definition) is 3. The molecule has 1 atom stereocenters. The Labute approximate surface area is 139 Å². The minimum atomic E-state index is -0.303. The van der Waals surface area contributed by atoms with Gasteiger partial charge in [-0.25, -0.2) is 0 Å². The normalized spacial score (nSPS) is 17.8. The maximum atomic E-state index is 12.4. The zero-order valence-electron chi connectivity index (χ0n) is 12.7. The molecule has 0 bridgehead atoms. The van der Waals surface area contributed by atoms with Gasteiger partial charge in [-0.05, 0) is 48.5 Å². The highest BCUT2D eigenvalue weighted by atomic mass is 32.2. The first-order valence-electron chi connectivity index (χ1n) is 7.23. The van der Waals surface area contributed by atoms with E-state index in [-0.39, 0.29) is 17.2 Å². The van der Waals surface area contributed by atoms with Gasteiger partial charge in [0.15, 0.2) is 0 Å². The van der Waals surface area contributed by atoms with Crippen molar-refractivity contribution in [3.05, 3.63) is 71.9 Å². The molecule has 23 heavy (non-hydrogen) atoms. The van der Waals surface area contributed by atoms with E-state index in [1.54, 1.807) is 19.1 Å². The van der Waals surface area contributed by atoms with Crippen molar-refractivity contribution in [1.29, 1.82) is 0 Å². The number of aromatic nitrogens is 1. The number of para-hydroxylation sites is 1. The molecule has 4 nitrogen and oxygen atoms in total. The average molecular weight is 324 g/mol. The predicted molar refractivity (Wildman–Crippen MR) is 93.2 cm³/mol. The zero-order valence-corrected chi connectivity index (χ0v) is 13.5. The summed E-state index contributed by atoms with van der Waals surface area (Å²) in [4.78, 5) is 26.0. The lowest BCUT2D eigenvalue weighted by atomic mass is 10.2. The second-order valence-electron chi connectivity index (χ2n) is 5.22. The molecule has 1 aromatic carbocycles. The highest BCUT2D eigenvalue weighted by molar-refractivity contribution is 8.18. The Morgan fingerprint density at radius 3 is 2.61 bits per heavy atom. The van der Waals surface area contributed by atoms with Gasteiger partial charge in [-0.15, -0.1) is 6.58 Å². The van der Waals surface area contributed by atoms with Gasteiger partial charge in [-0.3, -0.25) is 14.5 Å². The molecule has 1 saturated heterocycles. The van der Waals surface area contributed by atoms with E-state index in [0.717, 1.165) is 23.0 Å². The van der Waals surface area contributed by atoms with Crippen molar-refractivity contribution in [3.63, 3.8) is 0 Å². The Morgan fingerprint density at radius 1 is 1.17 bits per heavy atom. The number of hydrogen-bond donors (Lipinski definition) is 0. The van der Waals surface area contributed by atoms with Crippen molar-refractivity contribution in [2.45, 2.75) is 13.0 Å². The van der Waals surface area contributed by atoms with Gasteiger partial charge in [0.05, 0.1) is 10.9 Å². The molecule has 0 saturated carbocycles. The Morgan fingerprint density at radius 2 is 1.91 bits per heavy atom. The summed E-state index contributed by atoms with van der Waals surface area (Å²) in [5.74, 6) is -0.264. The number of nitrogens with zero attached hydrogens (tertiary/aromatic N) is 2. The molecule has 3 rings (SSSR count). The molecule has 2 heterocycles. The van der Waals surface area contributed by atoms with Crippen molar-refractivity contribution in [2.75, 3.05) is 0 Å². The third-order valence-corrected chi connectivity index (χ3v) is 4.52. The fraction of sp³-hybridized carbons (Fsp3) is 0.111. The highest BCUT2D eigenvalue weighted by Crippen LogP contribution is 2.33. The van der Waals surface area contributed by atoms with Gasteiger partial charge in [-0.1, -0.05) is 24.3 Å². The van der Waals surface area contributed by atoms with E-state index in [1.807, 2.05) is 53.4 Å². The predicted octanol–water partition coefficient (Wildman–Crippen LogP) is 4.09. The van der Waals surface area contributed by atoms with Crippen LogP contribution in [0.2, 0.25) is 0 Å². The lowest BCUT2D eigenvalue weighted by Gasteiger charge is -2.17. The second-order valence-corrected chi connectivity index (χ2v) is 6.21. The largest absolute Gasteiger partial charge is 0.323 e. The standard InChI is InChI=1S/C18H16N2O2S/c1-3-13(2)20-17(21)16(23-18(20)22)11-14-9-10-19(12-14)15-7-5-4-6-8-15/h3-13H,1H2,2H3/b16-11+. The maximum Gasteiger partial charge on any atom is 0.294 e. The molecule has 1 aliphatic rings. The van der Waals surface area contributed by atoms with E-state index < -0.39 is 0 Å². The van der Waals surface area contributed by atoms with Crippen molar-refractivity contribution >= 4 is 29.0 Å². The third kappa shape index (κ3) is 3.00. The highest BCUT2D eigenvalue weighted by Gasteiger charge is 2.37. The number of carbonyl (C=O) groups is 2. The van der Waals surface area contributed by atoms with Gasteiger partial charge in [0.1, 0.15) is 0 Å². The summed E-state index contributed by atoms with van der Waals surface area (Å²) in [6, 6.07) is 11.5. The summed E-state index contributed by atoms with van der Waals surface area (Å²) < 4.78 is 1.97. The van der Waals surface area contributed by atoms with Gasteiger partial charge in [0.25, 0.3) is 11.1 Å². The van der Waals surface area contributed by atoms with Crippen LogP contribution in [-0.4, -0.2) is 26.7 Å². The van der Waals surface area contributed by atoms with Crippen LogP contribution in [0, 0.1) is 0 Å². The van der Waals surface area contributed by atoms with Crippen molar-refractivity contribution < 1.29 is 9.59 Å². The molecule has 0 aliphatic carbocycles. The first-order valence-corrected chi connectivity index (χ1v) is 8.05. The van der Waals surface area contributed by atoms with Gasteiger partial charge in [0.2, 0.25) is 0 Å². The molecule has 1 aromatic heterocycles. The van der Waals surface area contributed by atoms with Crippen LogP contribution in [0.4, 0.5) is 4.79 Å². The summed E-state index contributed by atoms with van der Waals surface area (Å²) in [6.45, 7) is 5.42. The van der Waals surface area contributed by atoms with E-state index in [4.69, 9.17) is 0 Å². The quantitative estimate of drug-likeness (QED) is 0.628. The Balaban J connectivity index is 1.86. The first kappa shape index (κ1) is 15.4. The monoisotopic (exact) mass is 324 g/mol. The Bertz CT molecular complexity index is 792. The second kappa shape index (κ2) is 6.30. The van der Waals surface area contributed by atoms with Crippen LogP contribution < -0.4 is 0 Å². The molecule has 0 radical (unpaired) electrons. The number of amides is 2. The van der Waals surface area contributed by atoms with Crippen LogP contribution in [0.5, 0.6) is 0 Å². The van der Waals surface area contributed by atoms with Crippen LogP contribution >= 0.6 is 11.8 Å². The van der Waals surface area contributed by atoms with Gasteiger partial charge in [-0.2, -0.15) is 0 Å². The number of rotatable bonds is 4. The third-order valence-electron chi connectivity index (χ3n) is 3.64. The number of thioether (sulfide) groups is 1.